The maximum Gasteiger partial charge on any atom is 0.0465 e. The third-order valence-corrected chi connectivity index (χ3v) is 13.3. The van der Waals surface area contributed by atoms with E-state index in [4.69, 9.17) is 0 Å². The zero-order chi connectivity index (χ0) is 39.9. The van der Waals surface area contributed by atoms with Crippen molar-refractivity contribution in [3.8, 4) is 55.6 Å². The van der Waals surface area contributed by atoms with E-state index in [-0.39, 0.29) is 10.8 Å². The highest BCUT2D eigenvalue weighted by atomic mass is 15.1. The van der Waals surface area contributed by atoms with E-state index >= 15 is 0 Å². The van der Waals surface area contributed by atoms with Gasteiger partial charge in [-0.2, -0.15) is 0 Å². The van der Waals surface area contributed by atoms with Gasteiger partial charge >= 0.3 is 0 Å². The highest BCUT2D eigenvalue weighted by Crippen LogP contribution is 2.55. The number of anilines is 3. The Balaban J connectivity index is 0.978. The Bertz CT molecular complexity index is 3060. The zero-order valence-electron chi connectivity index (χ0n) is 34.0. The van der Waals surface area contributed by atoms with E-state index in [0.717, 1.165) is 17.1 Å². The van der Waals surface area contributed by atoms with Crippen molar-refractivity contribution < 1.29 is 0 Å². The summed E-state index contributed by atoms with van der Waals surface area (Å²) < 4.78 is 0. The number of fused-ring (bicyclic) bond motifs is 7. The fourth-order valence-electron chi connectivity index (χ4n) is 10.2. The smallest absolute Gasteiger partial charge is 0.0465 e. The normalized spacial score (nSPS) is 14.0. The number of hydrogen-bond acceptors (Lipinski definition) is 1. The van der Waals surface area contributed by atoms with Crippen LogP contribution in [0.1, 0.15) is 49.9 Å². The predicted molar refractivity (Wildman–Crippen MR) is 250 cm³/mol. The lowest BCUT2D eigenvalue weighted by Gasteiger charge is -2.28. The minimum atomic E-state index is -0.0908. The third-order valence-electron chi connectivity index (χ3n) is 13.3. The van der Waals surface area contributed by atoms with Crippen LogP contribution in [0.15, 0.2) is 200 Å². The van der Waals surface area contributed by atoms with Crippen LogP contribution in [0.3, 0.4) is 0 Å². The molecule has 59 heavy (non-hydrogen) atoms. The van der Waals surface area contributed by atoms with Crippen LogP contribution in [0, 0.1) is 0 Å². The number of nitrogens with zero attached hydrogens (tertiary/aromatic N) is 1. The van der Waals surface area contributed by atoms with E-state index in [1.54, 1.807) is 0 Å². The monoisotopic (exact) mass is 755 g/mol. The molecule has 9 aromatic rings. The molecule has 0 atom stereocenters. The molecule has 9 aromatic carbocycles. The van der Waals surface area contributed by atoms with Crippen LogP contribution in [0.25, 0.3) is 66.4 Å². The Morgan fingerprint density at radius 2 is 0.763 bits per heavy atom. The second kappa shape index (κ2) is 13.3. The Hall–Kier alpha value is -6.96. The molecule has 0 N–H and O–H groups in total. The Morgan fingerprint density at radius 1 is 0.305 bits per heavy atom. The highest BCUT2D eigenvalue weighted by Gasteiger charge is 2.38. The van der Waals surface area contributed by atoms with Crippen molar-refractivity contribution in [2.75, 3.05) is 4.90 Å². The summed E-state index contributed by atoms with van der Waals surface area (Å²) >= 11 is 0. The van der Waals surface area contributed by atoms with Crippen molar-refractivity contribution in [1.29, 1.82) is 0 Å². The second-order valence-electron chi connectivity index (χ2n) is 17.3. The predicted octanol–water partition coefficient (Wildman–Crippen LogP) is 15.9. The average molecular weight is 756 g/mol. The summed E-state index contributed by atoms with van der Waals surface area (Å²) in [6.45, 7) is 9.45. The van der Waals surface area contributed by atoms with Crippen molar-refractivity contribution in [1.82, 2.24) is 0 Å². The van der Waals surface area contributed by atoms with Gasteiger partial charge in [-0.3, -0.25) is 0 Å². The molecule has 1 nitrogen and oxygen atoms in total. The SMILES string of the molecule is CC1(C)c2ccccc2-c2ccc(N(c3ccc(-c4ccccc4)cc3)c3ccc(-c4ccc(-c5c6c(cc7ccccc57)C(C)(C)c5ccccc5-6)cc4)cc3)cc21. The van der Waals surface area contributed by atoms with Gasteiger partial charge in [-0.25, -0.2) is 0 Å². The molecule has 0 heterocycles. The summed E-state index contributed by atoms with van der Waals surface area (Å²) in [4.78, 5) is 2.40. The average Bonchev–Trinajstić information content (AvgIpc) is 3.65. The van der Waals surface area contributed by atoms with E-state index in [2.05, 4.69) is 233 Å². The molecule has 282 valence electrons. The van der Waals surface area contributed by atoms with Gasteiger partial charge in [0.15, 0.2) is 0 Å². The van der Waals surface area contributed by atoms with Crippen molar-refractivity contribution in [3.63, 3.8) is 0 Å². The molecule has 0 aromatic heterocycles. The molecule has 11 rings (SSSR count). The zero-order valence-corrected chi connectivity index (χ0v) is 34.0. The number of benzene rings is 9. The Labute approximate surface area is 347 Å². The maximum atomic E-state index is 2.42. The van der Waals surface area contributed by atoms with Crippen molar-refractivity contribution in [2.24, 2.45) is 0 Å². The summed E-state index contributed by atoms with van der Waals surface area (Å²) in [7, 11) is 0. The molecule has 0 bridgehead atoms. The molecule has 0 fully saturated rings. The molecule has 1 heteroatoms. The molecule has 0 radical (unpaired) electrons. The number of rotatable bonds is 6. The van der Waals surface area contributed by atoms with Gasteiger partial charge in [0.05, 0.1) is 0 Å². The van der Waals surface area contributed by atoms with Crippen LogP contribution in [-0.4, -0.2) is 0 Å². The minimum Gasteiger partial charge on any atom is -0.310 e. The molecular formula is C58H45N. The fourth-order valence-corrected chi connectivity index (χ4v) is 10.2. The first-order chi connectivity index (χ1) is 28.8. The molecular weight excluding hydrogens is 711 g/mol. The van der Waals surface area contributed by atoms with Crippen LogP contribution in [0.2, 0.25) is 0 Å². The van der Waals surface area contributed by atoms with Gasteiger partial charge in [-0.1, -0.05) is 185 Å². The van der Waals surface area contributed by atoms with Crippen LogP contribution in [-0.2, 0) is 10.8 Å². The molecule has 2 aliphatic rings. The summed E-state index contributed by atoms with van der Waals surface area (Å²) in [5.74, 6) is 0. The van der Waals surface area contributed by atoms with Gasteiger partial charge in [0.1, 0.15) is 0 Å². The minimum absolute atomic E-state index is 0.0643. The van der Waals surface area contributed by atoms with Gasteiger partial charge in [0, 0.05) is 27.9 Å². The number of hydrogen-bond donors (Lipinski definition) is 0. The Kier molecular flexibility index (Phi) is 7.94. The lowest BCUT2D eigenvalue weighted by molar-refractivity contribution is 0.660. The summed E-state index contributed by atoms with van der Waals surface area (Å²) in [6.07, 6.45) is 0. The van der Waals surface area contributed by atoms with Gasteiger partial charge in [-0.15, -0.1) is 0 Å². The van der Waals surface area contributed by atoms with Crippen LogP contribution in [0.5, 0.6) is 0 Å². The maximum absolute atomic E-state index is 2.42. The van der Waals surface area contributed by atoms with Crippen molar-refractivity contribution in [3.05, 3.63) is 222 Å². The van der Waals surface area contributed by atoms with E-state index in [9.17, 15) is 0 Å². The molecule has 0 amide bonds. The third kappa shape index (κ3) is 5.53. The molecule has 2 aliphatic carbocycles. The molecule has 0 unspecified atom stereocenters. The summed E-state index contributed by atoms with van der Waals surface area (Å²) in [5, 5.41) is 2.59. The van der Waals surface area contributed by atoms with Gasteiger partial charge in [0.25, 0.3) is 0 Å². The highest BCUT2D eigenvalue weighted by molar-refractivity contribution is 6.08. The van der Waals surface area contributed by atoms with E-state index in [0.29, 0.717) is 0 Å². The second-order valence-corrected chi connectivity index (χ2v) is 17.3. The first-order valence-corrected chi connectivity index (χ1v) is 20.8. The lowest BCUT2D eigenvalue weighted by atomic mass is 9.80. The van der Waals surface area contributed by atoms with Crippen molar-refractivity contribution >= 4 is 27.8 Å². The van der Waals surface area contributed by atoms with E-state index in [1.165, 1.54) is 88.7 Å². The topological polar surface area (TPSA) is 3.24 Å². The van der Waals surface area contributed by atoms with Gasteiger partial charge in [-0.05, 0) is 131 Å². The van der Waals surface area contributed by atoms with Gasteiger partial charge in [0.2, 0.25) is 0 Å². The molecule has 0 saturated carbocycles. The summed E-state index contributed by atoms with van der Waals surface area (Å²) in [5.41, 5.74) is 21.6. The van der Waals surface area contributed by atoms with Crippen molar-refractivity contribution in [2.45, 2.75) is 38.5 Å². The van der Waals surface area contributed by atoms with Crippen LogP contribution >= 0.6 is 0 Å². The fraction of sp³-hybridized carbons (Fsp3) is 0.103. The molecule has 0 aliphatic heterocycles. The van der Waals surface area contributed by atoms with Gasteiger partial charge < -0.3 is 4.90 Å². The Morgan fingerprint density at radius 3 is 1.42 bits per heavy atom. The first kappa shape index (κ1) is 35.2. The first-order valence-electron chi connectivity index (χ1n) is 20.8. The van der Waals surface area contributed by atoms with E-state index < -0.39 is 0 Å². The van der Waals surface area contributed by atoms with Crippen LogP contribution in [0.4, 0.5) is 17.1 Å². The molecule has 0 spiro atoms. The van der Waals surface area contributed by atoms with E-state index in [1.807, 2.05) is 0 Å². The van der Waals surface area contributed by atoms with Crippen LogP contribution < -0.4 is 4.90 Å². The lowest BCUT2D eigenvalue weighted by Crippen LogP contribution is -2.16. The standard InChI is InChI=1S/C58H45N/c1-57(2)51-20-12-10-18-48(51)49-35-34-46(37-53(49)57)59(44-30-26-40(27-31-44)38-14-6-5-7-15-38)45-32-28-41(29-33-45)39-22-24-42(25-23-39)55-47-17-9-8-16-43(47)36-54-56(55)50-19-11-13-21-52(50)58(54,3)4/h5-37H,1-4H3. The molecule has 0 saturated heterocycles. The summed E-state index contributed by atoms with van der Waals surface area (Å²) in [6, 6.07) is 74.1. The quantitative estimate of drug-likeness (QED) is 0.163. The largest absolute Gasteiger partial charge is 0.310 e.